The summed E-state index contributed by atoms with van der Waals surface area (Å²) in [6.45, 7) is 2.54. The first kappa shape index (κ1) is 16.8. The highest BCUT2D eigenvalue weighted by Crippen LogP contribution is 2.15. The molecule has 0 aliphatic carbocycles. The number of anilines is 1. The Balaban J connectivity index is 1.59. The van der Waals surface area contributed by atoms with Gasteiger partial charge in [-0.1, -0.05) is 48.0 Å². The van der Waals surface area contributed by atoms with Crippen LogP contribution in [0.2, 0.25) is 0 Å². The molecule has 0 unspecified atom stereocenters. The number of aromatic nitrogens is 2. The topological polar surface area (TPSA) is 77.1 Å². The molecule has 134 valence electrons. The van der Waals surface area contributed by atoms with Crippen molar-refractivity contribution in [3.63, 3.8) is 0 Å². The maximum absolute atomic E-state index is 12.6. The Morgan fingerprint density at radius 3 is 2.70 bits per heavy atom. The summed E-state index contributed by atoms with van der Waals surface area (Å²) in [4.78, 5) is 24.8. The van der Waals surface area contributed by atoms with Gasteiger partial charge in [-0.3, -0.25) is 4.79 Å². The van der Waals surface area contributed by atoms with Crippen LogP contribution in [0.3, 0.4) is 0 Å². The van der Waals surface area contributed by atoms with Crippen molar-refractivity contribution in [2.75, 3.05) is 5.32 Å². The van der Waals surface area contributed by atoms with E-state index < -0.39 is 11.5 Å². The molecule has 0 saturated heterocycles. The third-order valence-corrected chi connectivity index (χ3v) is 4.30. The van der Waals surface area contributed by atoms with Crippen molar-refractivity contribution in [2.45, 2.75) is 13.5 Å². The fourth-order valence-electron chi connectivity index (χ4n) is 2.84. The summed E-state index contributed by atoms with van der Waals surface area (Å²) < 4.78 is 6.90. The van der Waals surface area contributed by atoms with Crippen LogP contribution in [0, 0.1) is 6.92 Å². The molecule has 4 aromatic rings. The van der Waals surface area contributed by atoms with Gasteiger partial charge in [0, 0.05) is 11.5 Å². The smallest absolute Gasteiger partial charge is 0.349 e. The number of para-hydroxylation sites is 1. The molecule has 4 rings (SSSR count). The monoisotopic (exact) mass is 359 g/mol. The van der Waals surface area contributed by atoms with Gasteiger partial charge in [0.15, 0.2) is 0 Å². The Kier molecular flexibility index (Phi) is 4.30. The van der Waals surface area contributed by atoms with E-state index in [0.717, 1.165) is 5.56 Å². The predicted octanol–water partition coefficient (Wildman–Crippen LogP) is 3.60. The number of hydrogen-bond donors (Lipinski definition) is 1. The Morgan fingerprint density at radius 2 is 1.89 bits per heavy atom. The largest absolute Gasteiger partial charge is 0.422 e. The zero-order valence-corrected chi connectivity index (χ0v) is 14.7. The molecule has 0 atom stereocenters. The van der Waals surface area contributed by atoms with E-state index in [0.29, 0.717) is 23.3 Å². The molecule has 0 fully saturated rings. The third kappa shape index (κ3) is 3.50. The first-order chi connectivity index (χ1) is 13.1. The summed E-state index contributed by atoms with van der Waals surface area (Å²) in [5, 5.41) is 7.69. The zero-order chi connectivity index (χ0) is 18.8. The number of aryl methyl sites for hydroxylation is 1. The molecule has 0 aliphatic rings. The van der Waals surface area contributed by atoms with E-state index in [9.17, 15) is 9.59 Å². The predicted molar refractivity (Wildman–Crippen MR) is 103 cm³/mol. The molecule has 0 bridgehead atoms. The van der Waals surface area contributed by atoms with Crippen molar-refractivity contribution < 1.29 is 9.21 Å². The molecule has 1 N–H and O–H groups in total. The van der Waals surface area contributed by atoms with Crippen LogP contribution in [0.25, 0.3) is 11.0 Å². The van der Waals surface area contributed by atoms with Crippen LogP contribution in [0.4, 0.5) is 5.82 Å². The lowest BCUT2D eigenvalue weighted by atomic mass is 10.1. The van der Waals surface area contributed by atoms with Gasteiger partial charge in [0.05, 0.1) is 12.7 Å². The lowest BCUT2D eigenvalue weighted by Crippen LogP contribution is -2.22. The first-order valence-electron chi connectivity index (χ1n) is 8.52. The highest BCUT2D eigenvalue weighted by molar-refractivity contribution is 6.05. The highest BCUT2D eigenvalue weighted by atomic mass is 16.4. The van der Waals surface area contributed by atoms with E-state index in [2.05, 4.69) is 10.4 Å². The van der Waals surface area contributed by atoms with Gasteiger partial charge in [-0.25, -0.2) is 9.48 Å². The molecule has 6 nitrogen and oxygen atoms in total. The number of carbonyl (C=O) groups is 1. The van der Waals surface area contributed by atoms with Crippen molar-refractivity contribution in [3.05, 3.63) is 94.0 Å². The molecular formula is C21H17N3O3. The van der Waals surface area contributed by atoms with E-state index in [-0.39, 0.29) is 5.56 Å². The van der Waals surface area contributed by atoms with Gasteiger partial charge in [0.2, 0.25) is 0 Å². The van der Waals surface area contributed by atoms with E-state index in [1.807, 2.05) is 37.3 Å². The fourth-order valence-corrected chi connectivity index (χ4v) is 2.84. The van der Waals surface area contributed by atoms with Crippen molar-refractivity contribution in [1.29, 1.82) is 0 Å². The normalized spacial score (nSPS) is 10.9. The second kappa shape index (κ2) is 6.92. The van der Waals surface area contributed by atoms with E-state index >= 15 is 0 Å². The number of fused-ring (bicyclic) bond motifs is 1. The standard InChI is InChI=1S/C21H17N3O3/c1-14-6-8-15(9-7-14)13-24-19(10-11-22-24)23-20(25)17-12-16-4-2-3-5-18(16)27-21(17)26/h2-12H,13H2,1H3,(H,23,25). The Morgan fingerprint density at radius 1 is 1.11 bits per heavy atom. The van der Waals surface area contributed by atoms with Crippen molar-refractivity contribution in [2.24, 2.45) is 0 Å². The molecular weight excluding hydrogens is 342 g/mol. The lowest BCUT2D eigenvalue weighted by molar-refractivity contribution is 0.102. The van der Waals surface area contributed by atoms with Gasteiger partial charge in [0.25, 0.3) is 5.91 Å². The first-order valence-corrected chi connectivity index (χ1v) is 8.52. The maximum atomic E-state index is 12.6. The van der Waals surface area contributed by atoms with Gasteiger partial charge in [-0.15, -0.1) is 0 Å². The van der Waals surface area contributed by atoms with Crippen LogP contribution in [0.5, 0.6) is 0 Å². The summed E-state index contributed by atoms with van der Waals surface area (Å²) in [7, 11) is 0. The van der Waals surface area contributed by atoms with Gasteiger partial charge in [0.1, 0.15) is 17.0 Å². The fraction of sp³-hybridized carbons (Fsp3) is 0.0952. The molecule has 1 amide bonds. The van der Waals surface area contributed by atoms with E-state index in [4.69, 9.17) is 4.42 Å². The van der Waals surface area contributed by atoms with E-state index in [1.54, 1.807) is 35.1 Å². The number of hydrogen-bond acceptors (Lipinski definition) is 4. The molecule has 2 aromatic carbocycles. The molecule has 27 heavy (non-hydrogen) atoms. The zero-order valence-electron chi connectivity index (χ0n) is 14.7. The summed E-state index contributed by atoms with van der Waals surface area (Å²) >= 11 is 0. The number of benzene rings is 2. The van der Waals surface area contributed by atoms with Gasteiger partial charge in [-0.2, -0.15) is 5.10 Å². The molecule has 0 aliphatic heterocycles. The highest BCUT2D eigenvalue weighted by Gasteiger charge is 2.15. The van der Waals surface area contributed by atoms with Crippen molar-refractivity contribution in [1.82, 2.24) is 9.78 Å². The second-order valence-electron chi connectivity index (χ2n) is 6.30. The van der Waals surface area contributed by atoms with Crippen LogP contribution in [0.1, 0.15) is 21.5 Å². The summed E-state index contributed by atoms with van der Waals surface area (Å²) in [5.74, 6) is -0.0201. The number of amides is 1. The SMILES string of the molecule is Cc1ccc(Cn2nccc2NC(=O)c2cc3ccccc3oc2=O)cc1. The van der Waals surface area contributed by atoms with Crippen LogP contribution >= 0.6 is 0 Å². The molecule has 6 heteroatoms. The van der Waals surface area contributed by atoms with Crippen molar-refractivity contribution >= 4 is 22.7 Å². The van der Waals surface area contributed by atoms with E-state index in [1.165, 1.54) is 11.6 Å². The van der Waals surface area contributed by atoms with Crippen LogP contribution in [-0.2, 0) is 6.54 Å². The number of nitrogens with one attached hydrogen (secondary N) is 1. The summed E-state index contributed by atoms with van der Waals surface area (Å²) in [6.07, 6.45) is 1.60. The van der Waals surface area contributed by atoms with Gasteiger partial charge < -0.3 is 9.73 Å². The molecule has 0 spiro atoms. The van der Waals surface area contributed by atoms with Crippen LogP contribution in [0.15, 0.2) is 76.1 Å². The van der Waals surface area contributed by atoms with Crippen molar-refractivity contribution in [3.8, 4) is 0 Å². The minimum Gasteiger partial charge on any atom is -0.422 e. The maximum Gasteiger partial charge on any atom is 0.349 e. The van der Waals surface area contributed by atoms with Crippen LogP contribution in [-0.4, -0.2) is 15.7 Å². The number of carbonyl (C=O) groups excluding carboxylic acids is 1. The molecule has 0 radical (unpaired) electrons. The molecule has 2 aromatic heterocycles. The molecule has 2 heterocycles. The average molecular weight is 359 g/mol. The third-order valence-electron chi connectivity index (χ3n) is 4.30. The minimum atomic E-state index is -0.671. The summed E-state index contributed by atoms with van der Waals surface area (Å²) in [6, 6.07) is 18.4. The average Bonchev–Trinajstić information content (AvgIpc) is 3.09. The lowest BCUT2D eigenvalue weighted by Gasteiger charge is -2.09. The summed E-state index contributed by atoms with van der Waals surface area (Å²) in [5.41, 5.74) is 1.97. The second-order valence-corrected chi connectivity index (χ2v) is 6.30. The number of rotatable bonds is 4. The van der Waals surface area contributed by atoms with Gasteiger partial charge in [-0.05, 0) is 24.6 Å². The minimum absolute atomic E-state index is 0.0446. The Labute approximate surface area is 155 Å². The quantitative estimate of drug-likeness (QED) is 0.565. The van der Waals surface area contributed by atoms with Crippen LogP contribution < -0.4 is 10.9 Å². The molecule has 0 saturated carbocycles. The van der Waals surface area contributed by atoms with Gasteiger partial charge >= 0.3 is 5.63 Å². The Bertz CT molecular complexity index is 1170. The Hall–Kier alpha value is -3.67. The number of nitrogens with zero attached hydrogens (tertiary/aromatic N) is 2.